The molecule has 0 saturated carbocycles. The summed E-state index contributed by atoms with van der Waals surface area (Å²) in [5, 5.41) is 0. The maximum absolute atomic E-state index is 5.62. The zero-order valence-corrected chi connectivity index (χ0v) is 8.90. The molecular weight excluding hydrogens is 267 g/mol. The molecule has 0 aliphatic carbocycles. The van der Waals surface area contributed by atoms with Gasteiger partial charge < -0.3 is 4.74 Å². The van der Waals surface area contributed by atoms with Crippen molar-refractivity contribution in [2.24, 2.45) is 0 Å². The number of hydrogen-bond acceptors (Lipinski definition) is 2. The summed E-state index contributed by atoms with van der Waals surface area (Å²) in [7, 11) is 0. The standard InChI is InChI=1S/C8H11IN2O/c9-8-10-4-5-11(8)7-3-1-2-6-12-7/h4-5,7H,1-3,6H2/t7-/m0/s1. The van der Waals surface area contributed by atoms with Crippen LogP contribution in [0.5, 0.6) is 0 Å². The molecule has 66 valence electrons. The topological polar surface area (TPSA) is 27.1 Å². The van der Waals surface area contributed by atoms with Gasteiger partial charge in [-0.2, -0.15) is 0 Å². The minimum Gasteiger partial charge on any atom is -0.358 e. The molecule has 1 fully saturated rings. The van der Waals surface area contributed by atoms with Crippen LogP contribution in [0.4, 0.5) is 0 Å². The molecule has 1 aromatic heterocycles. The van der Waals surface area contributed by atoms with Crippen molar-refractivity contribution in [1.29, 1.82) is 0 Å². The molecule has 2 heterocycles. The van der Waals surface area contributed by atoms with Crippen molar-refractivity contribution in [2.75, 3.05) is 6.61 Å². The summed E-state index contributed by atoms with van der Waals surface area (Å²) in [6.45, 7) is 0.888. The largest absolute Gasteiger partial charge is 0.358 e. The Labute approximate surface area is 85.3 Å². The van der Waals surface area contributed by atoms with Gasteiger partial charge >= 0.3 is 0 Å². The van der Waals surface area contributed by atoms with E-state index < -0.39 is 0 Å². The predicted molar refractivity (Wildman–Crippen MR) is 53.8 cm³/mol. The van der Waals surface area contributed by atoms with Gasteiger partial charge in [-0.1, -0.05) is 0 Å². The molecule has 0 unspecified atom stereocenters. The van der Waals surface area contributed by atoms with Crippen LogP contribution in [-0.2, 0) is 4.74 Å². The van der Waals surface area contributed by atoms with Gasteiger partial charge in [0.2, 0.25) is 0 Å². The van der Waals surface area contributed by atoms with E-state index in [0.717, 1.165) is 16.9 Å². The third kappa shape index (κ3) is 1.64. The number of halogens is 1. The van der Waals surface area contributed by atoms with Crippen LogP contribution in [0.3, 0.4) is 0 Å². The fourth-order valence-electron chi connectivity index (χ4n) is 1.45. The van der Waals surface area contributed by atoms with Crippen molar-refractivity contribution in [1.82, 2.24) is 9.55 Å². The zero-order chi connectivity index (χ0) is 8.39. The number of imidazole rings is 1. The third-order valence-corrected chi connectivity index (χ3v) is 2.92. The normalized spacial score (nSPS) is 24.2. The van der Waals surface area contributed by atoms with Gasteiger partial charge in [0.25, 0.3) is 0 Å². The Morgan fingerprint density at radius 3 is 3.08 bits per heavy atom. The molecule has 1 aliphatic heterocycles. The number of hydrogen-bond donors (Lipinski definition) is 0. The van der Waals surface area contributed by atoms with E-state index >= 15 is 0 Å². The maximum Gasteiger partial charge on any atom is 0.173 e. The minimum absolute atomic E-state index is 0.230. The molecule has 1 atom stereocenters. The van der Waals surface area contributed by atoms with E-state index in [-0.39, 0.29) is 6.23 Å². The Balaban J connectivity index is 2.13. The Bertz CT molecular complexity index is 255. The molecule has 3 nitrogen and oxygen atoms in total. The van der Waals surface area contributed by atoms with E-state index in [0.29, 0.717) is 0 Å². The smallest absolute Gasteiger partial charge is 0.173 e. The predicted octanol–water partition coefficient (Wildman–Crippen LogP) is 2.19. The van der Waals surface area contributed by atoms with Gasteiger partial charge in [-0.05, 0) is 19.3 Å². The first-order chi connectivity index (χ1) is 5.88. The second-order valence-electron chi connectivity index (χ2n) is 2.92. The first-order valence-electron chi connectivity index (χ1n) is 4.18. The van der Waals surface area contributed by atoms with Gasteiger partial charge in [-0.25, -0.2) is 4.98 Å². The highest BCUT2D eigenvalue weighted by molar-refractivity contribution is 14.1. The lowest BCUT2D eigenvalue weighted by Gasteiger charge is -2.24. The molecule has 0 spiro atoms. The van der Waals surface area contributed by atoms with Crippen molar-refractivity contribution >= 4 is 22.6 Å². The van der Waals surface area contributed by atoms with Gasteiger partial charge in [0, 0.05) is 41.6 Å². The van der Waals surface area contributed by atoms with E-state index in [1.807, 2.05) is 12.4 Å². The van der Waals surface area contributed by atoms with Crippen molar-refractivity contribution in [3.8, 4) is 0 Å². The fourth-order valence-corrected chi connectivity index (χ4v) is 2.09. The van der Waals surface area contributed by atoms with Crippen LogP contribution in [0.1, 0.15) is 25.5 Å². The van der Waals surface area contributed by atoms with Crippen LogP contribution in [0, 0.1) is 3.83 Å². The average Bonchev–Trinajstić information content (AvgIpc) is 2.53. The van der Waals surface area contributed by atoms with Crippen molar-refractivity contribution in [2.45, 2.75) is 25.5 Å². The highest BCUT2D eigenvalue weighted by Crippen LogP contribution is 2.23. The maximum atomic E-state index is 5.62. The first kappa shape index (κ1) is 8.50. The molecular formula is C8H11IN2O. The van der Waals surface area contributed by atoms with Crippen LogP contribution in [0.15, 0.2) is 12.4 Å². The molecule has 1 aliphatic rings. The highest BCUT2D eigenvalue weighted by Gasteiger charge is 2.16. The van der Waals surface area contributed by atoms with E-state index in [2.05, 4.69) is 32.1 Å². The van der Waals surface area contributed by atoms with Gasteiger partial charge in [-0.3, -0.25) is 4.57 Å². The summed E-state index contributed by atoms with van der Waals surface area (Å²) in [5.74, 6) is 0. The second kappa shape index (κ2) is 3.74. The van der Waals surface area contributed by atoms with Gasteiger partial charge in [0.1, 0.15) is 6.23 Å². The van der Waals surface area contributed by atoms with Crippen LogP contribution >= 0.6 is 22.6 Å². The Morgan fingerprint density at radius 1 is 1.58 bits per heavy atom. The van der Waals surface area contributed by atoms with E-state index in [4.69, 9.17) is 4.74 Å². The van der Waals surface area contributed by atoms with Crippen molar-refractivity contribution in [3.63, 3.8) is 0 Å². The highest BCUT2D eigenvalue weighted by atomic mass is 127. The molecule has 0 aromatic carbocycles. The van der Waals surface area contributed by atoms with Gasteiger partial charge in [0.15, 0.2) is 3.83 Å². The number of rotatable bonds is 1. The van der Waals surface area contributed by atoms with Crippen LogP contribution < -0.4 is 0 Å². The van der Waals surface area contributed by atoms with Gasteiger partial charge in [-0.15, -0.1) is 0 Å². The van der Waals surface area contributed by atoms with E-state index in [9.17, 15) is 0 Å². The van der Waals surface area contributed by atoms with Crippen molar-refractivity contribution < 1.29 is 4.74 Å². The quantitative estimate of drug-likeness (QED) is 0.736. The molecule has 0 N–H and O–H groups in total. The van der Waals surface area contributed by atoms with Crippen molar-refractivity contribution in [3.05, 3.63) is 16.2 Å². The molecule has 1 saturated heterocycles. The molecule has 1 aromatic rings. The van der Waals surface area contributed by atoms with Gasteiger partial charge in [0.05, 0.1) is 0 Å². The SMILES string of the molecule is Ic1nccn1[C@@H]1CCCCO1. The number of nitrogens with zero attached hydrogens (tertiary/aromatic N) is 2. The van der Waals surface area contributed by atoms with Crippen LogP contribution in [-0.4, -0.2) is 16.2 Å². The molecule has 0 amide bonds. The lowest BCUT2D eigenvalue weighted by atomic mass is 10.2. The molecule has 4 heteroatoms. The second-order valence-corrected chi connectivity index (χ2v) is 3.89. The summed E-state index contributed by atoms with van der Waals surface area (Å²) < 4.78 is 8.73. The summed E-state index contributed by atoms with van der Waals surface area (Å²) in [4.78, 5) is 4.16. The lowest BCUT2D eigenvalue weighted by molar-refractivity contribution is -0.0335. The van der Waals surface area contributed by atoms with Crippen LogP contribution in [0.25, 0.3) is 0 Å². The summed E-state index contributed by atoms with van der Waals surface area (Å²) >= 11 is 2.23. The van der Waals surface area contributed by atoms with Crippen LogP contribution in [0.2, 0.25) is 0 Å². The zero-order valence-electron chi connectivity index (χ0n) is 6.74. The third-order valence-electron chi connectivity index (χ3n) is 2.09. The Hall–Kier alpha value is -0.100. The summed E-state index contributed by atoms with van der Waals surface area (Å²) in [6.07, 6.45) is 7.61. The summed E-state index contributed by atoms with van der Waals surface area (Å²) in [5.41, 5.74) is 0. The molecule has 0 radical (unpaired) electrons. The molecule has 0 bridgehead atoms. The molecule has 2 rings (SSSR count). The monoisotopic (exact) mass is 278 g/mol. The Kier molecular flexibility index (Phi) is 2.65. The number of ether oxygens (including phenoxy) is 1. The fraction of sp³-hybridized carbons (Fsp3) is 0.625. The number of aromatic nitrogens is 2. The average molecular weight is 278 g/mol. The molecule has 12 heavy (non-hydrogen) atoms. The Morgan fingerprint density at radius 2 is 2.50 bits per heavy atom. The first-order valence-corrected chi connectivity index (χ1v) is 5.26. The van der Waals surface area contributed by atoms with E-state index in [1.165, 1.54) is 12.8 Å². The van der Waals surface area contributed by atoms with E-state index in [1.54, 1.807) is 0 Å². The lowest BCUT2D eigenvalue weighted by Crippen LogP contribution is -2.18. The minimum atomic E-state index is 0.230. The summed E-state index contributed by atoms with van der Waals surface area (Å²) in [6, 6.07) is 0.